The second-order valence-corrected chi connectivity index (χ2v) is 3.31. The van der Waals surface area contributed by atoms with Crippen molar-refractivity contribution in [2.75, 3.05) is 6.61 Å². The number of fused-ring (bicyclic) bond motifs is 1. The van der Waals surface area contributed by atoms with Gasteiger partial charge in [-0.1, -0.05) is 6.07 Å². The summed E-state index contributed by atoms with van der Waals surface area (Å²) in [4.78, 5) is 15.6. The minimum Gasteiger partial charge on any atom is -0.493 e. The van der Waals surface area contributed by atoms with Crippen LogP contribution >= 0.6 is 0 Å². The van der Waals surface area contributed by atoms with Crippen molar-refractivity contribution in [3.63, 3.8) is 0 Å². The van der Waals surface area contributed by atoms with E-state index in [-0.39, 0.29) is 0 Å². The maximum absolute atomic E-state index is 11.4. The maximum atomic E-state index is 11.4. The molecule has 2 N–H and O–H groups in total. The minimum absolute atomic E-state index is 0.396. The molecule has 2 rings (SSSR count). The molecule has 0 aliphatic rings. The number of ether oxygens (including phenoxy) is 1. The number of carbonyl (C=O) groups excluding carboxylic acids is 1. The van der Waals surface area contributed by atoms with Crippen LogP contribution in [-0.2, 0) is 0 Å². The molecular weight excluding hydrogens is 204 g/mol. The van der Waals surface area contributed by atoms with Gasteiger partial charge in [0.05, 0.1) is 17.7 Å². The van der Waals surface area contributed by atoms with Gasteiger partial charge in [0.15, 0.2) is 0 Å². The van der Waals surface area contributed by atoms with Crippen LogP contribution in [0.2, 0.25) is 0 Å². The van der Waals surface area contributed by atoms with E-state index in [0.717, 1.165) is 10.9 Å². The third kappa shape index (κ3) is 1.69. The van der Waals surface area contributed by atoms with E-state index >= 15 is 0 Å². The molecule has 4 heteroatoms. The number of pyridine rings is 1. The lowest BCUT2D eigenvalue weighted by molar-refractivity contribution is 0.0998. The van der Waals surface area contributed by atoms with Gasteiger partial charge in [-0.05, 0) is 25.1 Å². The highest BCUT2D eigenvalue weighted by atomic mass is 16.5. The van der Waals surface area contributed by atoms with Gasteiger partial charge in [0.1, 0.15) is 5.75 Å². The summed E-state index contributed by atoms with van der Waals surface area (Å²) >= 11 is 0. The molecule has 1 aromatic carbocycles. The van der Waals surface area contributed by atoms with Gasteiger partial charge in [-0.15, -0.1) is 0 Å². The molecule has 0 aliphatic carbocycles. The van der Waals surface area contributed by atoms with E-state index in [2.05, 4.69) is 4.98 Å². The van der Waals surface area contributed by atoms with Gasteiger partial charge < -0.3 is 10.5 Å². The van der Waals surface area contributed by atoms with Crippen LogP contribution in [0.5, 0.6) is 5.75 Å². The van der Waals surface area contributed by atoms with Crippen molar-refractivity contribution in [3.05, 3.63) is 36.0 Å². The summed E-state index contributed by atoms with van der Waals surface area (Å²) in [7, 11) is 0. The lowest BCUT2D eigenvalue weighted by Crippen LogP contribution is -2.13. The normalized spacial score (nSPS) is 10.3. The highest BCUT2D eigenvalue weighted by Gasteiger charge is 2.13. The first kappa shape index (κ1) is 10.4. The molecule has 0 saturated heterocycles. The molecule has 16 heavy (non-hydrogen) atoms. The zero-order valence-corrected chi connectivity index (χ0v) is 8.93. The van der Waals surface area contributed by atoms with Crippen LogP contribution in [0, 0.1) is 0 Å². The molecule has 1 heterocycles. The number of primary amides is 1. The molecule has 0 spiro atoms. The molecule has 0 saturated carbocycles. The summed E-state index contributed by atoms with van der Waals surface area (Å²) in [5.74, 6) is 0.0116. The topological polar surface area (TPSA) is 65.2 Å². The van der Waals surface area contributed by atoms with Crippen molar-refractivity contribution in [1.82, 2.24) is 4.98 Å². The van der Waals surface area contributed by atoms with Gasteiger partial charge in [-0.3, -0.25) is 9.78 Å². The largest absolute Gasteiger partial charge is 0.493 e. The van der Waals surface area contributed by atoms with Crippen LogP contribution in [0.1, 0.15) is 17.3 Å². The maximum Gasteiger partial charge on any atom is 0.253 e. The zero-order valence-electron chi connectivity index (χ0n) is 8.93. The summed E-state index contributed by atoms with van der Waals surface area (Å²) in [6, 6.07) is 7.11. The lowest BCUT2D eigenvalue weighted by atomic mass is 10.1. The summed E-state index contributed by atoms with van der Waals surface area (Å²) in [5, 5.41) is 0.723. The highest BCUT2D eigenvalue weighted by molar-refractivity contribution is 6.07. The predicted octanol–water partition coefficient (Wildman–Crippen LogP) is 1.73. The van der Waals surface area contributed by atoms with E-state index < -0.39 is 5.91 Å². The first-order chi connectivity index (χ1) is 7.74. The average molecular weight is 216 g/mol. The van der Waals surface area contributed by atoms with E-state index in [4.69, 9.17) is 10.5 Å². The Morgan fingerprint density at radius 2 is 2.25 bits per heavy atom. The number of hydrogen-bond donors (Lipinski definition) is 1. The molecule has 0 fully saturated rings. The first-order valence-electron chi connectivity index (χ1n) is 5.04. The Morgan fingerprint density at radius 1 is 1.44 bits per heavy atom. The molecule has 1 aromatic heterocycles. The van der Waals surface area contributed by atoms with Crippen LogP contribution in [0.15, 0.2) is 30.5 Å². The summed E-state index contributed by atoms with van der Waals surface area (Å²) in [5.41, 5.74) is 6.50. The molecule has 0 bridgehead atoms. The summed E-state index contributed by atoms with van der Waals surface area (Å²) in [6.45, 7) is 2.35. The van der Waals surface area contributed by atoms with Crippen molar-refractivity contribution in [2.24, 2.45) is 5.73 Å². The molecule has 4 nitrogen and oxygen atoms in total. The van der Waals surface area contributed by atoms with Crippen molar-refractivity contribution in [2.45, 2.75) is 6.92 Å². The second-order valence-electron chi connectivity index (χ2n) is 3.31. The SMILES string of the molecule is CCOc1ccc2ncccc2c1C(N)=O. The highest BCUT2D eigenvalue weighted by Crippen LogP contribution is 2.26. The zero-order chi connectivity index (χ0) is 11.5. The molecule has 0 unspecified atom stereocenters. The Balaban J connectivity index is 2.73. The number of rotatable bonds is 3. The number of nitrogens with zero attached hydrogens (tertiary/aromatic N) is 1. The third-order valence-electron chi connectivity index (χ3n) is 2.29. The fourth-order valence-corrected chi connectivity index (χ4v) is 1.66. The minimum atomic E-state index is -0.498. The fourth-order valence-electron chi connectivity index (χ4n) is 1.66. The standard InChI is InChI=1S/C12H12N2O2/c1-2-16-10-6-5-9-8(4-3-7-14-9)11(10)12(13)15/h3-7H,2H2,1H3,(H2,13,15). The summed E-state index contributed by atoms with van der Waals surface area (Å²) < 4.78 is 5.38. The van der Waals surface area contributed by atoms with Crippen LogP contribution in [0.3, 0.4) is 0 Å². The van der Waals surface area contributed by atoms with Crippen molar-refractivity contribution >= 4 is 16.8 Å². The van der Waals surface area contributed by atoms with Gasteiger partial charge in [0, 0.05) is 11.6 Å². The van der Waals surface area contributed by atoms with Gasteiger partial charge in [-0.25, -0.2) is 0 Å². The van der Waals surface area contributed by atoms with E-state index in [1.54, 1.807) is 18.3 Å². The predicted molar refractivity (Wildman–Crippen MR) is 61.4 cm³/mol. The quantitative estimate of drug-likeness (QED) is 0.849. The molecule has 0 atom stereocenters. The van der Waals surface area contributed by atoms with Gasteiger partial charge in [-0.2, -0.15) is 0 Å². The Labute approximate surface area is 93.0 Å². The van der Waals surface area contributed by atoms with E-state index in [1.165, 1.54) is 0 Å². The number of nitrogens with two attached hydrogens (primary N) is 1. The first-order valence-corrected chi connectivity index (χ1v) is 5.04. The fraction of sp³-hybridized carbons (Fsp3) is 0.167. The molecule has 1 amide bonds. The molecule has 2 aromatic rings. The Morgan fingerprint density at radius 3 is 2.94 bits per heavy atom. The molecule has 82 valence electrons. The number of amides is 1. The van der Waals surface area contributed by atoms with E-state index in [1.807, 2.05) is 19.1 Å². The van der Waals surface area contributed by atoms with Crippen molar-refractivity contribution in [3.8, 4) is 5.75 Å². The van der Waals surface area contributed by atoms with Crippen molar-refractivity contribution < 1.29 is 9.53 Å². The Kier molecular flexibility index (Phi) is 2.72. The van der Waals surface area contributed by atoms with Crippen molar-refractivity contribution in [1.29, 1.82) is 0 Å². The van der Waals surface area contributed by atoms with E-state index in [9.17, 15) is 4.79 Å². The number of aromatic nitrogens is 1. The molecule has 0 radical (unpaired) electrons. The molecule has 0 aliphatic heterocycles. The van der Waals surface area contributed by atoms with Crippen LogP contribution in [-0.4, -0.2) is 17.5 Å². The monoisotopic (exact) mass is 216 g/mol. The van der Waals surface area contributed by atoms with Crippen LogP contribution in [0.25, 0.3) is 10.9 Å². The smallest absolute Gasteiger partial charge is 0.253 e. The lowest BCUT2D eigenvalue weighted by Gasteiger charge is -2.09. The average Bonchev–Trinajstić information content (AvgIpc) is 2.28. The summed E-state index contributed by atoms with van der Waals surface area (Å²) in [6.07, 6.45) is 1.67. The second kappa shape index (κ2) is 4.18. The third-order valence-corrected chi connectivity index (χ3v) is 2.29. The number of carbonyl (C=O) groups is 1. The number of hydrogen-bond acceptors (Lipinski definition) is 3. The van der Waals surface area contributed by atoms with Gasteiger partial charge >= 0.3 is 0 Å². The van der Waals surface area contributed by atoms with Gasteiger partial charge in [0.2, 0.25) is 0 Å². The Hall–Kier alpha value is -2.10. The molecular formula is C12H12N2O2. The number of benzene rings is 1. The van der Waals surface area contributed by atoms with Gasteiger partial charge in [0.25, 0.3) is 5.91 Å². The van der Waals surface area contributed by atoms with E-state index in [0.29, 0.717) is 17.9 Å². The Bertz CT molecular complexity index is 538. The van der Waals surface area contributed by atoms with Crippen LogP contribution < -0.4 is 10.5 Å². The van der Waals surface area contributed by atoms with Crippen LogP contribution in [0.4, 0.5) is 0 Å².